The predicted octanol–water partition coefficient (Wildman–Crippen LogP) is 9.56. The summed E-state index contributed by atoms with van der Waals surface area (Å²) in [5.74, 6) is -1.32. The van der Waals surface area contributed by atoms with Gasteiger partial charge in [-0.2, -0.15) is 0 Å². The average Bonchev–Trinajstić information content (AvgIpc) is 1.72. The zero-order valence-corrected chi connectivity index (χ0v) is 65.2. The number of rotatable bonds is 36. The van der Waals surface area contributed by atoms with Crippen LogP contribution >= 0.6 is 0 Å². The van der Waals surface area contributed by atoms with Crippen LogP contribution in [0.25, 0.3) is 11.1 Å². The molecule has 0 radical (unpaired) electrons. The van der Waals surface area contributed by atoms with Crippen molar-refractivity contribution in [1.29, 1.82) is 0 Å². The largest absolute Gasteiger partial charge is 0.497 e. The monoisotopic (exact) mass is 1570 g/mol. The van der Waals surface area contributed by atoms with Crippen LogP contribution in [-0.2, 0) is 77.9 Å². The fourth-order valence-corrected chi connectivity index (χ4v) is 13.6. The molecule has 114 heavy (non-hydrogen) atoms. The van der Waals surface area contributed by atoms with Crippen LogP contribution < -0.4 is 45.9 Å². The minimum atomic E-state index is -1.13. The summed E-state index contributed by atoms with van der Waals surface area (Å²) in [5, 5.41) is 27.7. The maximum atomic E-state index is 13.7. The molecule has 3 aliphatic rings. The number of nitrogens with zero attached hydrogens (tertiary/aromatic N) is 1. The Kier molecular flexibility index (Phi) is 34.8. The Morgan fingerprint density at radius 3 is 1.27 bits per heavy atom. The van der Waals surface area contributed by atoms with E-state index in [0.717, 1.165) is 74.1 Å². The number of hydrogen-bond acceptors (Lipinski definition) is 21. The van der Waals surface area contributed by atoms with Gasteiger partial charge in [0.15, 0.2) is 0 Å². The highest BCUT2D eigenvalue weighted by Gasteiger charge is 2.44. The third kappa shape index (κ3) is 24.2. The lowest BCUT2D eigenvalue weighted by Crippen LogP contribution is -2.47. The molecule has 2 saturated heterocycles. The smallest absolute Gasteiger partial charge is 0.410 e. The number of carbonyl (C=O) groups is 8. The number of benzene rings is 8. The van der Waals surface area contributed by atoms with Gasteiger partial charge in [0.05, 0.1) is 99.9 Å². The molecule has 11 rings (SSSR count). The van der Waals surface area contributed by atoms with Crippen molar-refractivity contribution < 1.29 is 101 Å². The standard InChI is InChI=1S/C49H50N2O11.C35H43N3O8.C2H4O2.CH5N/c1-57-36-20-16-34(17-21-36)49(33-10-4-3-5-11-33,35-18-22-37(58-2)23-19-35)61-29-28-59-27-26-50-47(55)44-30-38(62-46(54)25-24-45(52)53)31-51(44)48(56)60-32-43-41-14-8-6-12-39(41)40-13-7-9-15-42(40)43;1-36-32(39)17-18-33(40)46-30-23-31(38-24-30)34(41)37-19-20-44-21-22-45-35(25-7-5-4-6-8-25,26-9-13-28(42-2)14-10-26)27-11-15-29(43-3)16-12-27;1-2(3)4;1-2/h3-23,38,43-44H,24-32H2,1-2H3,(H,50,55)(H,52,53);4-16,30-31,38H,17-24H2,1-3H3,(H,36,39)(H,37,41);1H3,(H,3,4);2H2,1H3/t38-,44+;30-,31+;;/m11../s1. The number of ether oxygens (including phenoxy) is 11. The highest BCUT2D eigenvalue weighted by molar-refractivity contribution is 5.87. The van der Waals surface area contributed by atoms with E-state index in [1.807, 2.05) is 206 Å². The molecule has 0 bridgehead atoms. The van der Waals surface area contributed by atoms with Crippen LogP contribution in [0.5, 0.6) is 23.0 Å². The third-order valence-electron chi connectivity index (χ3n) is 19.0. The molecule has 2 fully saturated rings. The van der Waals surface area contributed by atoms with Crippen LogP contribution in [-0.4, -0.2) is 202 Å². The first-order chi connectivity index (χ1) is 55.3. The number of nitrogens with two attached hydrogens (primary N) is 1. The van der Waals surface area contributed by atoms with Crippen molar-refractivity contribution >= 4 is 47.7 Å². The van der Waals surface area contributed by atoms with E-state index in [1.54, 1.807) is 28.4 Å². The summed E-state index contributed by atoms with van der Waals surface area (Å²) >= 11 is 0. The SMILES string of the molecule is CC(=O)O.CN.CNC(=O)CCC(=O)O[C@H]1CN[C@H](C(=O)NCCOCCOC(c2ccccc2)(c2ccc(OC)cc2)c2ccc(OC)cc2)C1.COc1ccc(C(OCCOCCNC(=O)[C@@H]2C[C@@H](OC(=O)CCC(=O)O)CN2C(=O)OCC2c3ccccc3-c3ccccc32)(c2ccccc2)c2ccc(OC)cc2)cc1. The Bertz CT molecular complexity index is 4220. The number of aliphatic carboxylic acids is 2. The van der Waals surface area contributed by atoms with Gasteiger partial charge in [0.2, 0.25) is 17.7 Å². The number of nitrogens with one attached hydrogen (secondary N) is 4. The Morgan fingerprint density at radius 2 is 0.860 bits per heavy atom. The minimum Gasteiger partial charge on any atom is -0.497 e. The zero-order valence-electron chi connectivity index (χ0n) is 65.2. The fraction of sp³-hybridized carbons (Fsp3) is 0.356. The zero-order chi connectivity index (χ0) is 81.8. The summed E-state index contributed by atoms with van der Waals surface area (Å²) in [6.45, 7) is 3.24. The van der Waals surface area contributed by atoms with Gasteiger partial charge < -0.3 is 89.3 Å². The van der Waals surface area contributed by atoms with Gasteiger partial charge in [-0.25, -0.2) is 4.79 Å². The number of carboxylic acid groups (broad SMARTS) is 2. The number of carbonyl (C=O) groups excluding carboxylic acids is 6. The maximum absolute atomic E-state index is 13.7. The first-order valence-electron chi connectivity index (χ1n) is 37.5. The van der Waals surface area contributed by atoms with E-state index in [4.69, 9.17) is 67.1 Å². The summed E-state index contributed by atoms with van der Waals surface area (Å²) in [4.78, 5) is 97.2. The second-order valence-corrected chi connectivity index (χ2v) is 26.2. The van der Waals surface area contributed by atoms with Gasteiger partial charge in [0.1, 0.15) is 59.1 Å². The molecule has 0 aromatic heterocycles. The van der Waals surface area contributed by atoms with E-state index in [1.165, 1.54) is 19.0 Å². The number of hydrogen-bond donors (Lipinski definition) is 7. The van der Waals surface area contributed by atoms with Crippen LogP contribution in [0.4, 0.5) is 4.79 Å². The lowest BCUT2D eigenvalue weighted by molar-refractivity contribution is -0.151. The normalized spacial score (nSPS) is 15.2. The highest BCUT2D eigenvalue weighted by atomic mass is 16.6. The van der Waals surface area contributed by atoms with Gasteiger partial charge in [0.25, 0.3) is 5.97 Å². The Morgan fingerprint density at radius 1 is 0.474 bits per heavy atom. The van der Waals surface area contributed by atoms with Crippen molar-refractivity contribution in [2.24, 2.45) is 5.73 Å². The topological polar surface area (TPSA) is 356 Å². The molecular weight excluding hydrogens is 1460 g/mol. The van der Waals surface area contributed by atoms with Gasteiger partial charge in [-0.15, -0.1) is 0 Å². The van der Waals surface area contributed by atoms with Crippen LogP contribution in [0.2, 0.25) is 0 Å². The third-order valence-corrected chi connectivity index (χ3v) is 19.0. The van der Waals surface area contributed by atoms with Gasteiger partial charge in [-0.05, 0) is 111 Å². The Labute approximate surface area is 663 Å². The second kappa shape index (κ2) is 45.1. The molecule has 0 unspecified atom stereocenters. The Hall–Kier alpha value is -11.7. The van der Waals surface area contributed by atoms with Gasteiger partial charge in [-0.3, -0.25) is 38.5 Å². The molecule has 2 aliphatic heterocycles. The molecular formula is C87H102N6O21. The second-order valence-electron chi connectivity index (χ2n) is 26.2. The summed E-state index contributed by atoms with van der Waals surface area (Å²) < 4.78 is 63.9. The van der Waals surface area contributed by atoms with E-state index in [0.29, 0.717) is 44.2 Å². The summed E-state index contributed by atoms with van der Waals surface area (Å²) in [6, 6.07) is 65.5. The van der Waals surface area contributed by atoms with Gasteiger partial charge in [0, 0.05) is 58.8 Å². The first-order valence-corrected chi connectivity index (χ1v) is 37.5. The van der Waals surface area contributed by atoms with Crippen molar-refractivity contribution in [2.45, 2.75) is 86.9 Å². The number of fused-ring (bicyclic) bond motifs is 3. The van der Waals surface area contributed by atoms with Gasteiger partial charge >= 0.3 is 24.0 Å². The van der Waals surface area contributed by atoms with Crippen molar-refractivity contribution in [3.8, 4) is 34.1 Å². The van der Waals surface area contributed by atoms with Crippen molar-refractivity contribution in [2.75, 3.05) is 115 Å². The number of methoxy groups -OCH3 is 4. The first kappa shape index (κ1) is 87.9. The number of carboxylic acids is 2. The number of amides is 4. The highest BCUT2D eigenvalue weighted by Crippen LogP contribution is 2.46. The quantitative estimate of drug-likeness (QED) is 0.00831. The average molecular weight is 1570 g/mol. The molecule has 1 aliphatic carbocycles. The van der Waals surface area contributed by atoms with E-state index >= 15 is 0 Å². The van der Waals surface area contributed by atoms with Gasteiger partial charge in [-0.1, -0.05) is 158 Å². The van der Waals surface area contributed by atoms with E-state index in [9.17, 15) is 33.6 Å². The van der Waals surface area contributed by atoms with Crippen LogP contribution in [0.15, 0.2) is 206 Å². The summed E-state index contributed by atoms with van der Waals surface area (Å²) in [6.07, 6.45) is -2.24. The van der Waals surface area contributed by atoms with Crippen molar-refractivity contribution in [3.63, 3.8) is 0 Å². The molecule has 4 amide bonds. The molecule has 27 nitrogen and oxygen atoms in total. The van der Waals surface area contributed by atoms with Crippen LogP contribution in [0.3, 0.4) is 0 Å². The summed E-state index contributed by atoms with van der Waals surface area (Å²) in [7, 11) is 9.52. The minimum absolute atomic E-state index is 0.000745. The van der Waals surface area contributed by atoms with Crippen molar-refractivity contribution in [3.05, 3.63) is 251 Å². The molecule has 2 heterocycles. The molecule has 606 valence electrons. The number of likely N-dealkylation sites (tertiary alicyclic amines) is 1. The lowest BCUT2D eigenvalue weighted by Gasteiger charge is -2.36. The van der Waals surface area contributed by atoms with Crippen LogP contribution in [0.1, 0.15) is 95.9 Å². The lowest BCUT2D eigenvalue weighted by atomic mass is 9.80. The fourth-order valence-electron chi connectivity index (χ4n) is 13.6. The van der Waals surface area contributed by atoms with E-state index in [-0.39, 0.29) is 89.5 Å². The van der Waals surface area contributed by atoms with Crippen molar-refractivity contribution in [1.82, 2.24) is 26.2 Å². The Balaban J connectivity index is 0.000000278. The summed E-state index contributed by atoms with van der Waals surface area (Å²) in [5.41, 5.74) is 12.3. The molecule has 8 N–H and O–H groups in total. The van der Waals surface area contributed by atoms with E-state index < -0.39 is 77.8 Å². The molecule has 8 aromatic rings. The maximum Gasteiger partial charge on any atom is 0.410 e. The van der Waals surface area contributed by atoms with Crippen LogP contribution in [0, 0.1) is 0 Å². The molecule has 27 heteroatoms. The molecule has 0 spiro atoms. The molecule has 0 saturated carbocycles. The molecule has 4 atom stereocenters. The number of esters is 2. The predicted molar refractivity (Wildman–Crippen MR) is 424 cm³/mol. The van der Waals surface area contributed by atoms with E-state index in [2.05, 4.69) is 27.0 Å². The molecule has 8 aromatic carbocycles.